The Balaban J connectivity index is 3.07. The van der Waals surface area contributed by atoms with E-state index in [1.54, 1.807) is 0 Å². The molecule has 0 aromatic heterocycles. The molecule has 0 aliphatic carbocycles. The molecule has 0 atom stereocenters. The average Bonchev–Trinajstić information content (AvgIpc) is 2.71. The van der Waals surface area contributed by atoms with Gasteiger partial charge in [0.05, 0.1) is 0 Å². The first-order valence-corrected chi connectivity index (χ1v) is 13.0. The van der Waals surface area contributed by atoms with Crippen LogP contribution in [0, 0.1) is 25.7 Å². The lowest BCUT2D eigenvalue weighted by molar-refractivity contribution is 0.534. The molecular formula is C28H52. The number of rotatable bonds is 22. The van der Waals surface area contributed by atoms with Crippen molar-refractivity contribution in [3.05, 3.63) is 13.8 Å². The standard InChI is InChI=1S/C28H52/c1-3-5-7-9-11-13-15-17-19-21-23-25-27-28-26-24-22-20-18-16-14-12-10-8-6-4-2/h1-19,21,23-28H2. The maximum Gasteiger partial charge on any atom is 0.00886 e. The molecule has 0 amide bonds. The predicted molar refractivity (Wildman–Crippen MR) is 129 cm³/mol. The van der Waals surface area contributed by atoms with Crippen LogP contribution in [-0.2, 0) is 0 Å². The van der Waals surface area contributed by atoms with Crippen molar-refractivity contribution in [2.24, 2.45) is 0 Å². The minimum absolute atomic E-state index is 1.10. The first-order valence-electron chi connectivity index (χ1n) is 13.0. The fraction of sp³-hybridized carbons (Fsp3) is 0.857. The molecule has 0 unspecified atom stereocenters. The van der Waals surface area contributed by atoms with Gasteiger partial charge in [-0.1, -0.05) is 142 Å². The lowest BCUT2D eigenvalue weighted by atomic mass is 10.0. The first kappa shape index (κ1) is 27.6. The van der Waals surface area contributed by atoms with Crippen LogP contribution in [0.25, 0.3) is 0 Å². The largest absolute Gasteiger partial charge is 0.103 e. The van der Waals surface area contributed by atoms with Crippen molar-refractivity contribution >= 4 is 0 Å². The van der Waals surface area contributed by atoms with E-state index < -0.39 is 0 Å². The molecule has 0 aliphatic rings. The molecule has 2 radical (unpaired) electrons. The van der Waals surface area contributed by atoms with E-state index >= 15 is 0 Å². The van der Waals surface area contributed by atoms with Crippen LogP contribution in [0.5, 0.6) is 0 Å². The van der Waals surface area contributed by atoms with E-state index in [4.69, 9.17) is 0 Å². The highest BCUT2D eigenvalue weighted by atomic mass is 14.0. The summed E-state index contributed by atoms with van der Waals surface area (Å²) in [6, 6.07) is 0. The third-order valence-electron chi connectivity index (χ3n) is 5.73. The molecular weight excluding hydrogens is 336 g/mol. The van der Waals surface area contributed by atoms with Crippen molar-refractivity contribution in [2.75, 3.05) is 0 Å². The first-order chi connectivity index (χ1) is 13.9. The van der Waals surface area contributed by atoms with Crippen LogP contribution >= 0.6 is 0 Å². The van der Waals surface area contributed by atoms with Gasteiger partial charge in [0.1, 0.15) is 0 Å². The van der Waals surface area contributed by atoms with E-state index in [2.05, 4.69) is 25.7 Å². The van der Waals surface area contributed by atoms with Crippen LogP contribution < -0.4 is 0 Å². The van der Waals surface area contributed by atoms with Gasteiger partial charge in [0, 0.05) is 12.8 Å². The SMILES string of the molecule is [CH2]CCCCCCCCC#CCCCCCCCCCCCCCCCC[CH2]. The highest BCUT2D eigenvalue weighted by Gasteiger charge is 1.94. The maximum absolute atomic E-state index is 3.91. The molecule has 0 rings (SSSR count). The third kappa shape index (κ3) is 25.6. The second kappa shape index (κ2) is 26.6. The van der Waals surface area contributed by atoms with Gasteiger partial charge in [-0.15, -0.1) is 11.8 Å². The van der Waals surface area contributed by atoms with E-state index in [1.807, 2.05) is 0 Å². The number of hydrogen-bond acceptors (Lipinski definition) is 0. The summed E-state index contributed by atoms with van der Waals surface area (Å²) in [6.07, 6.45) is 32.4. The zero-order chi connectivity index (χ0) is 20.4. The molecule has 0 bridgehead atoms. The summed E-state index contributed by atoms with van der Waals surface area (Å²) < 4.78 is 0. The van der Waals surface area contributed by atoms with Crippen molar-refractivity contribution in [2.45, 2.75) is 154 Å². The highest BCUT2D eigenvalue weighted by molar-refractivity contribution is 4.98. The second-order valence-electron chi connectivity index (χ2n) is 8.63. The summed E-state index contributed by atoms with van der Waals surface area (Å²) in [6.45, 7) is 7.80. The van der Waals surface area contributed by atoms with Gasteiger partial charge in [-0.2, -0.15) is 0 Å². The van der Waals surface area contributed by atoms with E-state index in [0.29, 0.717) is 0 Å². The molecule has 0 nitrogen and oxygen atoms in total. The monoisotopic (exact) mass is 388 g/mol. The zero-order valence-corrected chi connectivity index (χ0v) is 19.4. The molecule has 28 heavy (non-hydrogen) atoms. The average molecular weight is 389 g/mol. The summed E-state index contributed by atoms with van der Waals surface area (Å²) in [5, 5.41) is 0. The molecule has 0 saturated carbocycles. The Bertz CT molecular complexity index is 319. The van der Waals surface area contributed by atoms with Crippen LogP contribution in [0.15, 0.2) is 0 Å². The van der Waals surface area contributed by atoms with Crippen molar-refractivity contribution < 1.29 is 0 Å². The van der Waals surface area contributed by atoms with E-state index in [1.165, 1.54) is 128 Å². The number of hydrogen-bond donors (Lipinski definition) is 0. The Morgan fingerprint density at radius 1 is 0.286 bits per heavy atom. The maximum atomic E-state index is 3.91. The second-order valence-corrected chi connectivity index (χ2v) is 8.63. The Hall–Kier alpha value is -0.440. The molecule has 0 fully saturated rings. The van der Waals surface area contributed by atoms with Crippen LogP contribution in [0.4, 0.5) is 0 Å². The molecule has 0 aromatic carbocycles. The summed E-state index contributed by atoms with van der Waals surface area (Å²) in [7, 11) is 0. The van der Waals surface area contributed by atoms with Gasteiger partial charge in [-0.3, -0.25) is 0 Å². The van der Waals surface area contributed by atoms with E-state index in [-0.39, 0.29) is 0 Å². The van der Waals surface area contributed by atoms with E-state index in [0.717, 1.165) is 25.7 Å². The summed E-state index contributed by atoms with van der Waals surface area (Å²) in [5.74, 6) is 6.76. The minimum atomic E-state index is 1.10. The highest BCUT2D eigenvalue weighted by Crippen LogP contribution is 2.13. The van der Waals surface area contributed by atoms with E-state index in [9.17, 15) is 0 Å². The van der Waals surface area contributed by atoms with Gasteiger partial charge in [-0.25, -0.2) is 0 Å². The summed E-state index contributed by atoms with van der Waals surface area (Å²) in [5.41, 5.74) is 0. The molecule has 0 saturated heterocycles. The lowest BCUT2D eigenvalue weighted by Gasteiger charge is -2.03. The van der Waals surface area contributed by atoms with Crippen molar-refractivity contribution in [3.8, 4) is 11.8 Å². The molecule has 0 N–H and O–H groups in total. The fourth-order valence-electron chi connectivity index (χ4n) is 3.79. The predicted octanol–water partition coefficient (Wildman–Crippen LogP) is 10.0. The Morgan fingerprint density at radius 3 is 0.750 bits per heavy atom. The van der Waals surface area contributed by atoms with Gasteiger partial charge < -0.3 is 0 Å². The Kier molecular flexibility index (Phi) is 26.1. The van der Waals surface area contributed by atoms with Crippen LogP contribution in [-0.4, -0.2) is 0 Å². The van der Waals surface area contributed by atoms with Gasteiger partial charge in [0.15, 0.2) is 0 Å². The quantitative estimate of drug-likeness (QED) is 0.128. The van der Waals surface area contributed by atoms with Gasteiger partial charge in [0.25, 0.3) is 0 Å². The summed E-state index contributed by atoms with van der Waals surface area (Å²) >= 11 is 0. The minimum Gasteiger partial charge on any atom is -0.103 e. The Labute approximate surface area is 180 Å². The molecule has 0 heterocycles. The van der Waals surface area contributed by atoms with Crippen molar-refractivity contribution in [3.63, 3.8) is 0 Å². The van der Waals surface area contributed by atoms with Crippen LogP contribution in [0.2, 0.25) is 0 Å². The third-order valence-corrected chi connectivity index (χ3v) is 5.73. The van der Waals surface area contributed by atoms with Crippen molar-refractivity contribution in [1.82, 2.24) is 0 Å². The normalized spacial score (nSPS) is 10.8. The summed E-state index contributed by atoms with van der Waals surface area (Å²) in [4.78, 5) is 0. The van der Waals surface area contributed by atoms with Crippen LogP contribution in [0.3, 0.4) is 0 Å². The Morgan fingerprint density at radius 2 is 0.500 bits per heavy atom. The molecule has 0 aliphatic heterocycles. The smallest absolute Gasteiger partial charge is 0.00886 e. The zero-order valence-electron chi connectivity index (χ0n) is 19.4. The topological polar surface area (TPSA) is 0 Å². The molecule has 164 valence electrons. The van der Waals surface area contributed by atoms with Gasteiger partial charge in [-0.05, 0) is 12.8 Å². The fourth-order valence-corrected chi connectivity index (χ4v) is 3.79. The number of unbranched alkanes of at least 4 members (excludes halogenated alkanes) is 22. The van der Waals surface area contributed by atoms with Crippen molar-refractivity contribution in [1.29, 1.82) is 0 Å². The van der Waals surface area contributed by atoms with Gasteiger partial charge >= 0.3 is 0 Å². The van der Waals surface area contributed by atoms with Crippen LogP contribution in [0.1, 0.15) is 154 Å². The molecule has 0 aromatic rings. The molecule has 0 spiro atoms. The van der Waals surface area contributed by atoms with Gasteiger partial charge in [0.2, 0.25) is 0 Å². The molecule has 0 heteroatoms. The lowest BCUT2D eigenvalue weighted by Crippen LogP contribution is -1.83.